The Bertz CT molecular complexity index is 800. The average Bonchev–Trinajstić information content (AvgIpc) is 2.76. The molecule has 0 atom stereocenters. The van der Waals surface area contributed by atoms with Crippen LogP contribution in [0, 0.1) is 58.5 Å². The molecule has 0 bridgehead atoms. The predicted molar refractivity (Wildman–Crippen MR) is 118 cm³/mol. The van der Waals surface area contributed by atoms with E-state index in [1.54, 1.807) is 0 Å². The molecule has 3 rings (SSSR count). The van der Waals surface area contributed by atoms with Gasteiger partial charge in [-0.25, -0.2) is 8.78 Å². The van der Waals surface area contributed by atoms with Gasteiger partial charge in [-0.05, 0) is 67.6 Å². The number of benzene rings is 1. The number of nitrogens with zero attached hydrogens (tertiary/aromatic N) is 1. The molecule has 0 heterocycles. The van der Waals surface area contributed by atoms with Crippen LogP contribution < -0.4 is 0 Å². The molecule has 1 nitrogen and oxygen atoms in total. The molecule has 30 heavy (non-hydrogen) atoms. The Morgan fingerprint density at radius 2 is 1.43 bits per heavy atom. The minimum absolute atomic E-state index is 0.255. The first-order valence-corrected chi connectivity index (χ1v) is 11.7. The molecular formula is C27H33F2N. The number of nitriles is 1. The fourth-order valence-corrected chi connectivity index (χ4v) is 5.13. The van der Waals surface area contributed by atoms with Crippen molar-refractivity contribution in [2.24, 2.45) is 23.7 Å². The van der Waals surface area contributed by atoms with Gasteiger partial charge >= 0.3 is 0 Å². The zero-order valence-electron chi connectivity index (χ0n) is 18.1. The lowest BCUT2D eigenvalue weighted by Gasteiger charge is -2.31. The number of rotatable bonds is 5. The van der Waals surface area contributed by atoms with Crippen molar-refractivity contribution < 1.29 is 8.78 Å². The molecule has 0 saturated heterocycles. The fourth-order valence-electron chi connectivity index (χ4n) is 5.13. The van der Waals surface area contributed by atoms with Gasteiger partial charge < -0.3 is 0 Å². The van der Waals surface area contributed by atoms with Gasteiger partial charge in [-0.1, -0.05) is 69.8 Å². The van der Waals surface area contributed by atoms with Crippen LogP contribution in [0.5, 0.6) is 0 Å². The molecule has 0 N–H and O–H groups in total. The van der Waals surface area contributed by atoms with Crippen molar-refractivity contribution in [2.45, 2.75) is 77.6 Å². The third-order valence-electron chi connectivity index (χ3n) is 7.24. The van der Waals surface area contributed by atoms with Crippen molar-refractivity contribution in [2.75, 3.05) is 0 Å². The van der Waals surface area contributed by atoms with Crippen LogP contribution in [0.1, 0.15) is 88.7 Å². The molecule has 0 aromatic heterocycles. The van der Waals surface area contributed by atoms with E-state index in [1.165, 1.54) is 76.7 Å². The summed E-state index contributed by atoms with van der Waals surface area (Å²) in [5, 5.41) is 8.71. The topological polar surface area (TPSA) is 23.8 Å². The summed E-state index contributed by atoms with van der Waals surface area (Å²) in [6.07, 6.45) is 19.0. The minimum atomic E-state index is -0.859. The number of hydrogen-bond acceptors (Lipinski definition) is 1. The molecule has 2 aliphatic rings. The van der Waals surface area contributed by atoms with Gasteiger partial charge in [0.25, 0.3) is 0 Å². The van der Waals surface area contributed by atoms with Crippen molar-refractivity contribution in [3.63, 3.8) is 0 Å². The Morgan fingerprint density at radius 3 is 1.97 bits per heavy atom. The predicted octanol–water partition coefficient (Wildman–Crippen LogP) is 7.55. The molecule has 2 saturated carbocycles. The lowest BCUT2D eigenvalue weighted by Crippen LogP contribution is -2.17. The normalized spacial score (nSPS) is 26.7. The Morgan fingerprint density at radius 1 is 0.900 bits per heavy atom. The van der Waals surface area contributed by atoms with Crippen LogP contribution in [-0.2, 0) is 0 Å². The van der Waals surface area contributed by atoms with Crippen LogP contribution in [0.3, 0.4) is 0 Å². The number of allylic oxidation sites excluding steroid dienone is 2. The first-order valence-electron chi connectivity index (χ1n) is 11.7. The molecule has 1 aromatic carbocycles. The van der Waals surface area contributed by atoms with Crippen molar-refractivity contribution in [1.29, 1.82) is 5.26 Å². The van der Waals surface area contributed by atoms with Gasteiger partial charge in [-0.2, -0.15) is 5.26 Å². The van der Waals surface area contributed by atoms with E-state index in [-0.39, 0.29) is 5.56 Å². The summed E-state index contributed by atoms with van der Waals surface area (Å²) in [7, 11) is 0. The van der Waals surface area contributed by atoms with E-state index < -0.39 is 17.2 Å². The van der Waals surface area contributed by atoms with Gasteiger partial charge in [-0.15, -0.1) is 0 Å². The van der Waals surface area contributed by atoms with Crippen LogP contribution in [0.4, 0.5) is 8.78 Å². The van der Waals surface area contributed by atoms with Gasteiger partial charge in [0, 0.05) is 5.56 Å². The molecule has 0 aliphatic heterocycles. The van der Waals surface area contributed by atoms with E-state index in [2.05, 4.69) is 24.8 Å². The Kier molecular flexibility index (Phi) is 8.50. The van der Waals surface area contributed by atoms with E-state index in [9.17, 15) is 8.78 Å². The second-order valence-electron chi connectivity index (χ2n) is 9.21. The van der Waals surface area contributed by atoms with Gasteiger partial charge in [0.05, 0.1) is 0 Å². The molecule has 1 aromatic rings. The summed E-state index contributed by atoms with van der Waals surface area (Å²) in [6.45, 7) is 2.33. The van der Waals surface area contributed by atoms with Crippen LogP contribution >= 0.6 is 0 Å². The lowest BCUT2D eigenvalue weighted by atomic mass is 9.75. The molecule has 3 heteroatoms. The summed E-state index contributed by atoms with van der Waals surface area (Å²) in [4.78, 5) is 0. The quantitative estimate of drug-likeness (QED) is 0.461. The minimum Gasteiger partial charge on any atom is -0.205 e. The third-order valence-corrected chi connectivity index (χ3v) is 7.24. The monoisotopic (exact) mass is 409 g/mol. The first kappa shape index (κ1) is 22.6. The maximum atomic E-state index is 13.6. The zero-order chi connectivity index (χ0) is 21.3. The van der Waals surface area contributed by atoms with E-state index in [0.717, 1.165) is 29.9 Å². The molecular weight excluding hydrogens is 376 g/mol. The van der Waals surface area contributed by atoms with E-state index >= 15 is 0 Å². The Hall–Kier alpha value is -2.13. The second kappa shape index (κ2) is 11.3. The molecule has 2 fully saturated rings. The van der Waals surface area contributed by atoms with Crippen molar-refractivity contribution in [3.05, 3.63) is 47.0 Å². The van der Waals surface area contributed by atoms with Crippen molar-refractivity contribution in [1.82, 2.24) is 0 Å². The summed E-state index contributed by atoms with van der Waals surface area (Å²) < 4.78 is 27.2. The lowest BCUT2D eigenvalue weighted by molar-refractivity contribution is 0.224. The maximum Gasteiger partial charge on any atom is 0.145 e. The second-order valence-corrected chi connectivity index (χ2v) is 9.21. The number of hydrogen-bond donors (Lipinski definition) is 0. The Labute approximate surface area is 180 Å². The highest BCUT2D eigenvalue weighted by molar-refractivity contribution is 5.43. The largest absolute Gasteiger partial charge is 0.205 e. The highest BCUT2D eigenvalue weighted by atomic mass is 19.1. The molecule has 160 valence electrons. The van der Waals surface area contributed by atoms with Crippen LogP contribution in [0.2, 0.25) is 0 Å². The smallest absolute Gasteiger partial charge is 0.145 e. The number of halogens is 2. The Balaban J connectivity index is 1.39. The molecule has 0 unspecified atom stereocenters. The maximum absolute atomic E-state index is 13.6. The summed E-state index contributed by atoms with van der Waals surface area (Å²) >= 11 is 0. The van der Waals surface area contributed by atoms with E-state index in [4.69, 9.17) is 5.26 Å². The van der Waals surface area contributed by atoms with Crippen LogP contribution in [0.15, 0.2) is 24.3 Å². The first-order chi connectivity index (χ1) is 14.6. The van der Waals surface area contributed by atoms with Gasteiger partial charge in [-0.3, -0.25) is 0 Å². The van der Waals surface area contributed by atoms with Crippen molar-refractivity contribution in [3.8, 4) is 17.9 Å². The summed E-state index contributed by atoms with van der Waals surface area (Å²) in [6, 6.07) is 3.75. The van der Waals surface area contributed by atoms with Gasteiger partial charge in [0.15, 0.2) is 0 Å². The average molecular weight is 410 g/mol. The van der Waals surface area contributed by atoms with Crippen LogP contribution in [-0.4, -0.2) is 0 Å². The molecule has 0 amide bonds. The SMILES string of the molecule is CC[C@H]1CC[C@H](CC[C@H]2CC[C@H](C=CC#Cc3cc(F)c(C#N)c(F)c3)CC2)CC1. The highest BCUT2D eigenvalue weighted by Gasteiger charge is 2.23. The highest BCUT2D eigenvalue weighted by Crippen LogP contribution is 2.37. The van der Waals surface area contributed by atoms with Crippen molar-refractivity contribution >= 4 is 0 Å². The van der Waals surface area contributed by atoms with Gasteiger partial charge in [0.2, 0.25) is 0 Å². The summed E-state index contributed by atoms with van der Waals surface area (Å²) in [5.74, 6) is 7.33. The molecule has 2 aliphatic carbocycles. The zero-order valence-corrected chi connectivity index (χ0v) is 18.1. The third kappa shape index (κ3) is 6.43. The molecule has 0 radical (unpaired) electrons. The fraction of sp³-hybridized carbons (Fsp3) is 0.593. The van der Waals surface area contributed by atoms with Crippen LogP contribution in [0.25, 0.3) is 0 Å². The standard InChI is InChI=1S/C27H33F2N/c1-2-20-7-9-22(10-8-20)15-16-23-13-11-21(12-14-23)5-3-4-6-24-17-26(28)25(19-30)27(29)18-24/h3,5,17-18,20-23H,2,7-16H2,1H3/t20-,21-,22-,23-. The van der Waals surface area contributed by atoms with Gasteiger partial charge in [0.1, 0.15) is 23.3 Å². The van der Waals surface area contributed by atoms with E-state index in [0.29, 0.717) is 5.92 Å². The summed E-state index contributed by atoms with van der Waals surface area (Å²) in [5.41, 5.74) is -0.299. The van der Waals surface area contributed by atoms with E-state index in [1.807, 2.05) is 6.08 Å². The molecule has 0 spiro atoms.